The lowest BCUT2D eigenvalue weighted by Gasteiger charge is -2.15. The number of carbonyl (C=O) groups excluding carboxylic acids is 1. The number of benzene rings is 1. The van der Waals surface area contributed by atoms with Gasteiger partial charge < -0.3 is 11.1 Å². The quantitative estimate of drug-likeness (QED) is 0.854. The van der Waals surface area contributed by atoms with E-state index >= 15 is 0 Å². The first-order chi connectivity index (χ1) is 8.21. The van der Waals surface area contributed by atoms with E-state index in [0.29, 0.717) is 5.69 Å². The highest BCUT2D eigenvalue weighted by Gasteiger charge is 2.17. The minimum absolute atomic E-state index is 0.175. The molecule has 1 aromatic carbocycles. The van der Waals surface area contributed by atoms with Crippen molar-refractivity contribution < 1.29 is 13.2 Å². The molecule has 6 heteroatoms. The fourth-order valence-corrected chi connectivity index (χ4v) is 1.97. The van der Waals surface area contributed by atoms with Gasteiger partial charge in [0.15, 0.2) is 9.84 Å². The Balaban J connectivity index is 2.90. The Hall–Kier alpha value is -1.40. The molecule has 0 aliphatic carbocycles. The van der Waals surface area contributed by atoms with Crippen LogP contribution in [0.3, 0.4) is 0 Å². The largest absolute Gasteiger partial charge is 0.327 e. The van der Waals surface area contributed by atoms with E-state index in [4.69, 9.17) is 5.73 Å². The fourth-order valence-electron chi connectivity index (χ4n) is 1.30. The second-order valence-electron chi connectivity index (χ2n) is 4.44. The summed E-state index contributed by atoms with van der Waals surface area (Å²) in [4.78, 5) is 11.9. The predicted molar refractivity (Wildman–Crippen MR) is 71.0 cm³/mol. The van der Waals surface area contributed by atoms with E-state index in [9.17, 15) is 13.2 Å². The molecule has 1 amide bonds. The molecule has 0 aliphatic rings. The monoisotopic (exact) mass is 270 g/mol. The van der Waals surface area contributed by atoms with Crippen molar-refractivity contribution >= 4 is 21.4 Å². The zero-order chi connectivity index (χ0) is 13.9. The number of hydrogen-bond donors (Lipinski definition) is 2. The number of anilines is 1. The Morgan fingerprint density at radius 2 is 1.94 bits per heavy atom. The van der Waals surface area contributed by atoms with Crippen LogP contribution in [0.4, 0.5) is 5.69 Å². The molecule has 0 aliphatic heterocycles. The summed E-state index contributed by atoms with van der Waals surface area (Å²) in [6.45, 7) is 3.47. The summed E-state index contributed by atoms with van der Waals surface area (Å²) in [5.41, 5.74) is 6.09. The number of hydrogen-bond acceptors (Lipinski definition) is 4. The van der Waals surface area contributed by atoms with Crippen molar-refractivity contribution in [2.45, 2.75) is 24.8 Å². The molecule has 0 heterocycles. The van der Waals surface area contributed by atoms with E-state index in [0.717, 1.165) is 6.26 Å². The van der Waals surface area contributed by atoms with Crippen molar-refractivity contribution in [2.24, 2.45) is 11.7 Å². The minimum atomic E-state index is -3.27. The summed E-state index contributed by atoms with van der Waals surface area (Å²) >= 11 is 0. The Bertz CT molecular complexity index is 538. The van der Waals surface area contributed by atoms with Gasteiger partial charge in [-0.3, -0.25) is 4.79 Å². The van der Waals surface area contributed by atoms with Crippen molar-refractivity contribution in [3.05, 3.63) is 24.3 Å². The maximum Gasteiger partial charge on any atom is 0.228 e. The Labute approximate surface area is 107 Å². The third kappa shape index (κ3) is 3.82. The lowest BCUT2D eigenvalue weighted by atomic mass is 10.0. The number of nitrogens with two attached hydrogens (primary N) is 1. The topological polar surface area (TPSA) is 89.3 Å². The summed E-state index contributed by atoms with van der Waals surface area (Å²) < 4.78 is 22.8. The van der Waals surface area contributed by atoms with Gasteiger partial charge in [0.2, 0.25) is 5.91 Å². The van der Waals surface area contributed by atoms with E-state index < -0.39 is 9.84 Å². The van der Waals surface area contributed by atoms with Crippen LogP contribution in [0.1, 0.15) is 13.8 Å². The SMILES string of the molecule is CC(N)C(C)C(=O)Nc1cccc(S(C)(=O)=O)c1. The zero-order valence-corrected chi connectivity index (χ0v) is 11.5. The van der Waals surface area contributed by atoms with Gasteiger partial charge in [-0.1, -0.05) is 13.0 Å². The van der Waals surface area contributed by atoms with E-state index in [-0.39, 0.29) is 22.8 Å². The summed E-state index contributed by atoms with van der Waals surface area (Å²) in [5.74, 6) is -0.567. The van der Waals surface area contributed by atoms with E-state index in [1.165, 1.54) is 12.1 Å². The maximum atomic E-state index is 11.8. The maximum absolute atomic E-state index is 11.8. The Kier molecular flexibility index (Phi) is 4.48. The minimum Gasteiger partial charge on any atom is -0.327 e. The molecule has 0 saturated heterocycles. The molecule has 2 unspecified atom stereocenters. The van der Waals surface area contributed by atoms with Crippen molar-refractivity contribution in [1.29, 1.82) is 0 Å². The standard InChI is InChI=1S/C12H18N2O3S/c1-8(9(2)13)12(15)14-10-5-4-6-11(7-10)18(3,16)17/h4-9H,13H2,1-3H3,(H,14,15). The molecule has 5 nitrogen and oxygen atoms in total. The van der Waals surface area contributed by atoms with Crippen molar-refractivity contribution in [3.8, 4) is 0 Å². The highest BCUT2D eigenvalue weighted by Crippen LogP contribution is 2.16. The first-order valence-corrected chi connectivity index (χ1v) is 7.47. The van der Waals surface area contributed by atoms with Gasteiger partial charge in [0.25, 0.3) is 0 Å². The van der Waals surface area contributed by atoms with Crippen LogP contribution in [0.25, 0.3) is 0 Å². The molecule has 0 bridgehead atoms. The third-order valence-corrected chi connectivity index (χ3v) is 3.84. The van der Waals surface area contributed by atoms with Crippen molar-refractivity contribution in [3.63, 3.8) is 0 Å². The van der Waals surface area contributed by atoms with Crippen LogP contribution in [0.15, 0.2) is 29.2 Å². The van der Waals surface area contributed by atoms with Gasteiger partial charge in [-0.15, -0.1) is 0 Å². The van der Waals surface area contributed by atoms with Crippen LogP contribution in [0, 0.1) is 5.92 Å². The lowest BCUT2D eigenvalue weighted by molar-refractivity contribution is -0.119. The zero-order valence-electron chi connectivity index (χ0n) is 10.7. The molecule has 1 aromatic rings. The Morgan fingerprint density at radius 3 is 2.44 bits per heavy atom. The molecule has 2 atom stereocenters. The van der Waals surface area contributed by atoms with E-state index in [1.54, 1.807) is 26.0 Å². The molecule has 0 saturated carbocycles. The normalized spacial score (nSPS) is 14.9. The van der Waals surface area contributed by atoms with Gasteiger partial charge in [0.1, 0.15) is 0 Å². The molecule has 0 fully saturated rings. The van der Waals surface area contributed by atoms with Gasteiger partial charge in [-0.25, -0.2) is 8.42 Å². The van der Waals surface area contributed by atoms with E-state index in [1.807, 2.05) is 0 Å². The summed E-state index contributed by atoms with van der Waals surface area (Å²) in [6.07, 6.45) is 1.12. The van der Waals surface area contributed by atoms with Crippen LogP contribution in [-0.4, -0.2) is 26.6 Å². The van der Waals surface area contributed by atoms with Crippen LogP contribution in [0.2, 0.25) is 0 Å². The summed E-state index contributed by atoms with van der Waals surface area (Å²) in [5, 5.41) is 2.65. The first-order valence-electron chi connectivity index (χ1n) is 5.58. The highest BCUT2D eigenvalue weighted by molar-refractivity contribution is 7.90. The van der Waals surface area contributed by atoms with E-state index in [2.05, 4.69) is 5.32 Å². The average molecular weight is 270 g/mol. The molecule has 100 valence electrons. The third-order valence-electron chi connectivity index (χ3n) is 2.73. The van der Waals surface area contributed by atoms with Gasteiger partial charge in [0.05, 0.1) is 10.8 Å². The molecule has 18 heavy (non-hydrogen) atoms. The molecule has 3 N–H and O–H groups in total. The smallest absolute Gasteiger partial charge is 0.228 e. The number of sulfone groups is 1. The van der Waals surface area contributed by atoms with Gasteiger partial charge in [-0.05, 0) is 25.1 Å². The lowest BCUT2D eigenvalue weighted by Crippen LogP contribution is -2.34. The number of rotatable bonds is 4. The summed E-state index contributed by atoms with van der Waals surface area (Å²) in [6, 6.07) is 5.88. The van der Waals surface area contributed by atoms with Crippen molar-refractivity contribution in [1.82, 2.24) is 0 Å². The van der Waals surface area contributed by atoms with Crippen LogP contribution in [0.5, 0.6) is 0 Å². The van der Waals surface area contributed by atoms with Gasteiger partial charge >= 0.3 is 0 Å². The number of nitrogens with one attached hydrogen (secondary N) is 1. The second-order valence-corrected chi connectivity index (χ2v) is 6.45. The second kappa shape index (κ2) is 5.49. The molecule has 1 rings (SSSR count). The molecular weight excluding hydrogens is 252 g/mol. The highest BCUT2D eigenvalue weighted by atomic mass is 32.2. The fraction of sp³-hybridized carbons (Fsp3) is 0.417. The average Bonchev–Trinajstić information content (AvgIpc) is 2.27. The van der Waals surface area contributed by atoms with Gasteiger partial charge in [0, 0.05) is 18.0 Å². The first kappa shape index (κ1) is 14.7. The van der Waals surface area contributed by atoms with Crippen LogP contribution < -0.4 is 11.1 Å². The number of amides is 1. The molecule has 0 radical (unpaired) electrons. The molecular formula is C12H18N2O3S. The molecule has 0 spiro atoms. The summed E-state index contributed by atoms with van der Waals surface area (Å²) in [7, 11) is -3.27. The van der Waals surface area contributed by atoms with Crippen LogP contribution in [-0.2, 0) is 14.6 Å². The van der Waals surface area contributed by atoms with Gasteiger partial charge in [-0.2, -0.15) is 0 Å². The Morgan fingerprint density at radius 1 is 1.33 bits per heavy atom. The van der Waals surface area contributed by atoms with Crippen LogP contribution >= 0.6 is 0 Å². The number of carbonyl (C=O) groups is 1. The molecule has 0 aromatic heterocycles. The van der Waals surface area contributed by atoms with Crippen molar-refractivity contribution in [2.75, 3.05) is 11.6 Å². The predicted octanol–water partition coefficient (Wildman–Crippen LogP) is 1.01.